The van der Waals surface area contributed by atoms with Crippen LogP contribution in [0, 0.1) is 0 Å². The van der Waals surface area contributed by atoms with Gasteiger partial charge in [-0.3, -0.25) is 0 Å². The smallest absolute Gasteiger partial charge is 0.338 e. The molecule has 7 rings (SSSR count). The first-order chi connectivity index (χ1) is 29.1. The molecule has 6 heterocycles. The molecule has 0 fully saturated rings. The summed E-state index contributed by atoms with van der Waals surface area (Å²) in [4.78, 5) is 43.6. The SMILES string of the molecule is CSC1=C(SC)SC(=C2SC=C(COC(=O)c3cc(C(=O)OCC4=CSC(=C5SC(SC)=C(SC)S5)S4)cc(C(=O)OCC4=CSC(=C5SC(SC)=C(SC)S5)S4)c3)S2)S1. The van der Waals surface area contributed by atoms with E-state index in [9.17, 15) is 14.4 Å². The fourth-order valence-corrected chi connectivity index (χ4v) is 27.4. The van der Waals surface area contributed by atoms with Crippen molar-refractivity contribution in [2.24, 2.45) is 0 Å². The lowest BCUT2D eigenvalue weighted by molar-refractivity contribution is 0.0544. The molecule has 0 N–H and O–H groups in total. The third-order valence-corrected chi connectivity index (χ3v) is 31.9. The molecule has 0 spiro atoms. The Kier molecular flexibility index (Phi) is 19.8. The van der Waals surface area contributed by atoms with Crippen molar-refractivity contribution in [2.45, 2.75) is 0 Å². The molecule has 0 saturated heterocycles. The maximum Gasteiger partial charge on any atom is 0.338 e. The fraction of sp³-hybridized carbons (Fsp3) is 0.250. The standard InChI is InChI=1S/C36H30O6S18/c1-43-25-26(44-2)56-34(55-25)31-49-13-19(52-31)10-40-22(37)16-7-17(23(38)41-11-20-14-50-32(53-20)35-57-27(45-3)28(46-4)58-35)9-18(8-16)24(39)42-12-21-15-51-33(54-21)36-59-29(47-5)30(48-6)60-36/h7-9,13-15H,10-12H2,1-6H3. The van der Waals surface area contributed by atoms with Crippen LogP contribution < -0.4 is 0 Å². The van der Waals surface area contributed by atoms with Gasteiger partial charge in [0.2, 0.25) is 0 Å². The normalized spacial score (nSPS) is 19.4. The van der Waals surface area contributed by atoms with Gasteiger partial charge in [0.25, 0.3) is 0 Å². The van der Waals surface area contributed by atoms with Crippen molar-refractivity contribution in [1.29, 1.82) is 0 Å². The van der Waals surface area contributed by atoms with E-state index in [-0.39, 0.29) is 36.5 Å². The molecule has 6 aliphatic heterocycles. The summed E-state index contributed by atoms with van der Waals surface area (Å²) in [6, 6.07) is 4.28. The molecule has 318 valence electrons. The van der Waals surface area contributed by atoms with Gasteiger partial charge in [-0.15, -0.1) is 70.6 Å². The van der Waals surface area contributed by atoms with Crippen molar-refractivity contribution in [2.75, 3.05) is 57.4 Å². The number of rotatable bonds is 15. The van der Waals surface area contributed by atoms with E-state index in [0.717, 1.165) is 27.4 Å². The Morgan fingerprint density at radius 1 is 0.383 bits per heavy atom. The second kappa shape index (κ2) is 24.0. The Labute approximate surface area is 426 Å². The van der Waals surface area contributed by atoms with Gasteiger partial charge in [0, 0.05) is 14.7 Å². The maximum atomic E-state index is 13.6. The van der Waals surface area contributed by atoms with E-state index in [0.29, 0.717) is 0 Å². The van der Waals surface area contributed by atoms with Crippen LogP contribution in [0.3, 0.4) is 0 Å². The van der Waals surface area contributed by atoms with Crippen molar-refractivity contribution >= 4 is 230 Å². The van der Waals surface area contributed by atoms with Crippen LogP contribution in [-0.4, -0.2) is 75.3 Å². The van der Waals surface area contributed by atoms with E-state index in [1.807, 2.05) is 16.2 Å². The van der Waals surface area contributed by atoms with Crippen LogP contribution in [0.5, 0.6) is 0 Å². The molecular formula is C36H30O6S18. The number of thioether (sulfide) groups is 18. The molecule has 1 aromatic carbocycles. The second-order valence-corrected chi connectivity index (χ2v) is 31.4. The lowest BCUT2D eigenvalue weighted by Gasteiger charge is -2.11. The van der Waals surface area contributed by atoms with Gasteiger partial charge in [0.05, 0.1) is 67.5 Å². The highest BCUT2D eigenvalue weighted by molar-refractivity contribution is 8.44. The average molecular weight is 1140 g/mol. The first-order valence-electron chi connectivity index (χ1n) is 16.7. The quantitative estimate of drug-likeness (QED) is 0.123. The molecule has 0 atom stereocenters. The van der Waals surface area contributed by atoms with Gasteiger partial charge in [-0.1, -0.05) is 141 Å². The molecule has 6 aliphatic rings. The molecular weight excluding hydrogens is 1110 g/mol. The van der Waals surface area contributed by atoms with Crippen LogP contribution >= 0.6 is 212 Å². The average Bonchev–Trinajstić information content (AvgIpc) is 4.14. The molecule has 6 nitrogen and oxygen atoms in total. The minimum absolute atomic E-state index is 0.0585. The van der Waals surface area contributed by atoms with Crippen LogP contribution in [0.25, 0.3) is 0 Å². The highest BCUT2D eigenvalue weighted by Crippen LogP contribution is 2.64. The van der Waals surface area contributed by atoms with Crippen molar-refractivity contribution in [1.82, 2.24) is 0 Å². The van der Waals surface area contributed by atoms with E-state index < -0.39 is 17.9 Å². The summed E-state index contributed by atoms with van der Waals surface area (Å²) in [6.45, 7) is 0.175. The van der Waals surface area contributed by atoms with E-state index in [1.165, 1.54) is 56.3 Å². The zero-order valence-corrected chi connectivity index (χ0v) is 46.6. The minimum atomic E-state index is -0.654. The van der Waals surface area contributed by atoms with Crippen LogP contribution in [0.15, 0.2) is 100.0 Å². The monoisotopic (exact) mass is 1130 g/mol. The molecule has 0 radical (unpaired) electrons. The van der Waals surface area contributed by atoms with Gasteiger partial charge in [-0.05, 0) is 72.0 Å². The topological polar surface area (TPSA) is 78.9 Å². The summed E-state index contributed by atoms with van der Waals surface area (Å²) in [6.07, 6.45) is 12.5. The summed E-state index contributed by atoms with van der Waals surface area (Å²) < 4.78 is 32.3. The van der Waals surface area contributed by atoms with Crippen LogP contribution in [0.1, 0.15) is 31.1 Å². The number of hydrogen-bond acceptors (Lipinski definition) is 24. The maximum absolute atomic E-state index is 13.6. The molecule has 24 heteroatoms. The molecule has 60 heavy (non-hydrogen) atoms. The van der Waals surface area contributed by atoms with Crippen molar-refractivity contribution < 1.29 is 28.6 Å². The zero-order chi connectivity index (χ0) is 42.3. The predicted octanol–water partition coefficient (Wildman–Crippen LogP) is 16.5. The largest absolute Gasteiger partial charge is 0.457 e. The third kappa shape index (κ3) is 12.6. The fourth-order valence-electron chi connectivity index (χ4n) is 4.78. The lowest BCUT2D eigenvalue weighted by Crippen LogP contribution is -2.14. The van der Waals surface area contributed by atoms with Gasteiger partial charge in [0.15, 0.2) is 0 Å². The van der Waals surface area contributed by atoms with Gasteiger partial charge in [0.1, 0.15) is 19.8 Å². The Balaban J connectivity index is 1.00. The van der Waals surface area contributed by atoms with Gasteiger partial charge < -0.3 is 14.2 Å². The molecule has 0 amide bonds. The summed E-state index contributed by atoms with van der Waals surface area (Å²) in [5.41, 5.74) is 0.193. The van der Waals surface area contributed by atoms with Crippen molar-refractivity contribution in [3.05, 3.63) is 117 Å². The summed E-state index contributed by atoms with van der Waals surface area (Å²) >= 11 is 30.9. The van der Waals surface area contributed by atoms with Gasteiger partial charge >= 0.3 is 17.9 Å². The zero-order valence-electron chi connectivity index (χ0n) is 31.9. The van der Waals surface area contributed by atoms with Crippen LogP contribution in [0.2, 0.25) is 0 Å². The molecule has 1 aromatic rings. The van der Waals surface area contributed by atoms with Crippen molar-refractivity contribution in [3.63, 3.8) is 0 Å². The van der Waals surface area contributed by atoms with Crippen LogP contribution in [-0.2, 0) is 14.2 Å². The molecule has 0 bridgehead atoms. The highest BCUT2D eigenvalue weighted by atomic mass is 32.3. The van der Waals surface area contributed by atoms with E-state index in [4.69, 9.17) is 14.2 Å². The number of benzene rings is 1. The predicted molar refractivity (Wildman–Crippen MR) is 296 cm³/mol. The van der Waals surface area contributed by atoms with Gasteiger partial charge in [-0.25, -0.2) is 14.4 Å². The first-order valence-corrected chi connectivity index (χ1v) is 34.0. The lowest BCUT2D eigenvalue weighted by atomic mass is 10.1. The Hall–Kier alpha value is 1.59. The summed E-state index contributed by atoms with van der Waals surface area (Å²) in [5, 5.41) is 6.02. The number of esters is 3. The van der Waals surface area contributed by atoms with E-state index >= 15 is 0 Å². The highest BCUT2D eigenvalue weighted by Gasteiger charge is 2.30. The summed E-state index contributed by atoms with van der Waals surface area (Å²) in [5.74, 6) is -1.96. The number of carbonyl (C=O) groups is 3. The van der Waals surface area contributed by atoms with E-state index in [1.54, 1.807) is 212 Å². The Bertz CT molecular complexity index is 1950. The Morgan fingerprint density at radius 3 is 0.833 bits per heavy atom. The molecule has 0 aromatic heterocycles. The number of ether oxygens (including phenoxy) is 3. The number of carbonyl (C=O) groups excluding carboxylic acids is 3. The molecule has 0 aliphatic carbocycles. The number of hydrogen-bond donors (Lipinski definition) is 0. The van der Waals surface area contributed by atoms with Crippen molar-refractivity contribution in [3.8, 4) is 0 Å². The first kappa shape index (κ1) is 49.5. The Morgan fingerprint density at radius 2 is 0.617 bits per heavy atom. The third-order valence-electron chi connectivity index (χ3n) is 7.47. The molecule has 0 saturated carbocycles. The van der Waals surface area contributed by atoms with E-state index in [2.05, 4.69) is 37.5 Å². The molecule has 0 unspecified atom stereocenters. The van der Waals surface area contributed by atoms with Gasteiger partial charge in [-0.2, -0.15) is 0 Å². The minimum Gasteiger partial charge on any atom is -0.457 e. The van der Waals surface area contributed by atoms with Crippen LogP contribution in [0.4, 0.5) is 0 Å². The second-order valence-electron chi connectivity index (χ2n) is 11.2. The summed E-state index contributed by atoms with van der Waals surface area (Å²) in [7, 11) is 0.